The standard InChI is InChI=1S/C14H24N2O4S/c1-4-20-10-9-16(2)21(17,18)14-6-5-13(19-3)11-12(14)7-8-15/h5-6,11H,4,7-10,15H2,1-3H3. The second-order valence-electron chi connectivity index (χ2n) is 4.54. The molecule has 0 aromatic heterocycles. The van der Waals surface area contributed by atoms with Crippen LogP contribution in [0.15, 0.2) is 23.1 Å². The fourth-order valence-corrected chi connectivity index (χ4v) is 3.29. The molecule has 0 heterocycles. The summed E-state index contributed by atoms with van der Waals surface area (Å²) in [5.41, 5.74) is 6.24. The van der Waals surface area contributed by atoms with Crippen molar-refractivity contribution in [3.63, 3.8) is 0 Å². The molecule has 0 bridgehead atoms. The van der Waals surface area contributed by atoms with Crippen LogP contribution in [0.3, 0.4) is 0 Å². The first-order chi connectivity index (χ1) is 9.97. The van der Waals surface area contributed by atoms with Gasteiger partial charge in [0.05, 0.1) is 18.6 Å². The molecule has 1 rings (SSSR count). The van der Waals surface area contributed by atoms with Crippen LogP contribution in [0.4, 0.5) is 0 Å². The third-order valence-electron chi connectivity index (χ3n) is 3.12. The summed E-state index contributed by atoms with van der Waals surface area (Å²) in [6, 6.07) is 4.93. The van der Waals surface area contributed by atoms with E-state index in [-0.39, 0.29) is 4.90 Å². The third-order valence-corrected chi connectivity index (χ3v) is 5.08. The van der Waals surface area contributed by atoms with Crippen LogP contribution in [0, 0.1) is 0 Å². The summed E-state index contributed by atoms with van der Waals surface area (Å²) in [5, 5.41) is 0. The van der Waals surface area contributed by atoms with E-state index in [0.29, 0.717) is 44.0 Å². The molecule has 0 fully saturated rings. The first kappa shape index (κ1) is 17.9. The van der Waals surface area contributed by atoms with E-state index in [9.17, 15) is 8.42 Å². The molecule has 0 saturated carbocycles. The summed E-state index contributed by atoms with van der Waals surface area (Å²) in [6.45, 7) is 3.49. The number of hydrogen-bond donors (Lipinski definition) is 1. The second-order valence-corrected chi connectivity index (χ2v) is 6.55. The minimum Gasteiger partial charge on any atom is -0.497 e. The van der Waals surface area contributed by atoms with Gasteiger partial charge in [-0.2, -0.15) is 4.31 Å². The molecule has 0 amide bonds. The van der Waals surface area contributed by atoms with Crippen molar-refractivity contribution >= 4 is 10.0 Å². The van der Waals surface area contributed by atoms with Crippen molar-refractivity contribution in [1.82, 2.24) is 4.31 Å². The van der Waals surface area contributed by atoms with Crippen LogP contribution in [0.25, 0.3) is 0 Å². The quantitative estimate of drug-likeness (QED) is 0.683. The summed E-state index contributed by atoms with van der Waals surface area (Å²) in [4.78, 5) is 0.271. The van der Waals surface area contributed by atoms with Gasteiger partial charge in [0.2, 0.25) is 10.0 Å². The van der Waals surface area contributed by atoms with E-state index < -0.39 is 10.0 Å². The van der Waals surface area contributed by atoms with Crippen molar-refractivity contribution in [2.45, 2.75) is 18.2 Å². The maximum Gasteiger partial charge on any atom is 0.243 e. The number of hydrogen-bond acceptors (Lipinski definition) is 5. The Labute approximate surface area is 126 Å². The highest BCUT2D eigenvalue weighted by Gasteiger charge is 2.23. The first-order valence-corrected chi connectivity index (χ1v) is 8.32. The zero-order chi connectivity index (χ0) is 15.9. The number of methoxy groups -OCH3 is 1. The Kier molecular flexibility index (Phi) is 7.10. The normalized spacial score (nSPS) is 11.9. The van der Waals surface area contributed by atoms with E-state index in [1.54, 1.807) is 32.4 Å². The van der Waals surface area contributed by atoms with Gasteiger partial charge in [0.1, 0.15) is 5.75 Å². The van der Waals surface area contributed by atoms with Gasteiger partial charge in [-0.1, -0.05) is 0 Å². The van der Waals surface area contributed by atoms with Gasteiger partial charge in [0, 0.05) is 20.2 Å². The summed E-state index contributed by atoms with van der Waals surface area (Å²) in [7, 11) is -0.463. The number of benzene rings is 1. The van der Waals surface area contributed by atoms with Crippen LogP contribution in [0.1, 0.15) is 12.5 Å². The molecule has 2 N–H and O–H groups in total. The van der Waals surface area contributed by atoms with Gasteiger partial charge < -0.3 is 15.2 Å². The predicted molar refractivity (Wildman–Crippen MR) is 82.1 cm³/mol. The van der Waals surface area contributed by atoms with Crippen molar-refractivity contribution in [2.24, 2.45) is 5.73 Å². The van der Waals surface area contributed by atoms with E-state index in [4.69, 9.17) is 15.2 Å². The van der Waals surface area contributed by atoms with Gasteiger partial charge in [-0.25, -0.2) is 8.42 Å². The van der Waals surface area contributed by atoms with Gasteiger partial charge in [-0.3, -0.25) is 0 Å². The average Bonchev–Trinajstić information content (AvgIpc) is 2.47. The van der Waals surface area contributed by atoms with E-state index >= 15 is 0 Å². The third kappa shape index (κ3) is 4.67. The van der Waals surface area contributed by atoms with Gasteiger partial charge >= 0.3 is 0 Å². The summed E-state index contributed by atoms with van der Waals surface area (Å²) < 4.78 is 36.9. The van der Waals surface area contributed by atoms with Gasteiger partial charge in [0.15, 0.2) is 0 Å². The molecular weight excluding hydrogens is 292 g/mol. The molecule has 1 aromatic carbocycles. The molecule has 7 heteroatoms. The topological polar surface area (TPSA) is 81.9 Å². The van der Waals surface area contributed by atoms with Crippen molar-refractivity contribution in [3.8, 4) is 5.75 Å². The molecule has 120 valence electrons. The molecule has 0 aliphatic rings. The maximum atomic E-state index is 12.6. The number of sulfonamides is 1. The van der Waals surface area contributed by atoms with Crippen LogP contribution in [0.2, 0.25) is 0 Å². The molecule has 6 nitrogen and oxygen atoms in total. The lowest BCUT2D eigenvalue weighted by Crippen LogP contribution is -2.31. The highest BCUT2D eigenvalue weighted by atomic mass is 32.2. The molecule has 0 aliphatic heterocycles. The second kappa shape index (κ2) is 8.33. The molecule has 0 aliphatic carbocycles. The van der Waals surface area contributed by atoms with Crippen molar-refractivity contribution in [2.75, 3.05) is 40.5 Å². The Morgan fingerprint density at radius 2 is 2.05 bits per heavy atom. The monoisotopic (exact) mass is 316 g/mol. The highest BCUT2D eigenvalue weighted by molar-refractivity contribution is 7.89. The molecule has 21 heavy (non-hydrogen) atoms. The Balaban J connectivity index is 3.06. The highest BCUT2D eigenvalue weighted by Crippen LogP contribution is 2.24. The molecule has 0 atom stereocenters. The predicted octanol–water partition coefficient (Wildman–Crippen LogP) is 0.853. The maximum absolute atomic E-state index is 12.6. The Morgan fingerprint density at radius 3 is 2.62 bits per heavy atom. The number of rotatable bonds is 9. The minimum absolute atomic E-state index is 0.271. The SMILES string of the molecule is CCOCCN(C)S(=O)(=O)c1ccc(OC)cc1CCN. The van der Waals surface area contributed by atoms with E-state index in [0.717, 1.165) is 0 Å². The Hall–Kier alpha value is -1.15. The van der Waals surface area contributed by atoms with Crippen molar-refractivity contribution < 1.29 is 17.9 Å². The Morgan fingerprint density at radius 1 is 1.33 bits per heavy atom. The van der Waals surface area contributed by atoms with Gasteiger partial charge in [-0.05, 0) is 43.7 Å². The lowest BCUT2D eigenvalue weighted by atomic mass is 10.1. The summed E-state index contributed by atoms with van der Waals surface area (Å²) in [5.74, 6) is 0.620. The molecule has 0 saturated heterocycles. The fraction of sp³-hybridized carbons (Fsp3) is 0.571. The lowest BCUT2D eigenvalue weighted by Gasteiger charge is -2.19. The average molecular weight is 316 g/mol. The molecule has 0 spiro atoms. The van der Waals surface area contributed by atoms with Crippen LogP contribution in [0.5, 0.6) is 5.75 Å². The number of nitrogens with two attached hydrogens (primary N) is 1. The minimum atomic E-state index is -3.56. The van der Waals surface area contributed by atoms with E-state index in [1.165, 1.54) is 4.31 Å². The first-order valence-electron chi connectivity index (χ1n) is 6.88. The van der Waals surface area contributed by atoms with Crippen LogP contribution >= 0.6 is 0 Å². The van der Waals surface area contributed by atoms with Crippen molar-refractivity contribution in [1.29, 1.82) is 0 Å². The number of likely N-dealkylation sites (N-methyl/N-ethyl adjacent to an activating group) is 1. The largest absolute Gasteiger partial charge is 0.497 e. The summed E-state index contributed by atoms with van der Waals surface area (Å²) >= 11 is 0. The number of nitrogens with zero attached hydrogens (tertiary/aromatic N) is 1. The van der Waals surface area contributed by atoms with Crippen LogP contribution in [-0.4, -0.2) is 53.2 Å². The molecule has 1 aromatic rings. The van der Waals surface area contributed by atoms with E-state index in [1.807, 2.05) is 6.92 Å². The fourth-order valence-electron chi connectivity index (χ4n) is 1.91. The summed E-state index contributed by atoms with van der Waals surface area (Å²) in [6.07, 6.45) is 0.477. The smallest absolute Gasteiger partial charge is 0.243 e. The molecule has 0 radical (unpaired) electrons. The number of ether oxygens (including phenoxy) is 2. The van der Waals surface area contributed by atoms with E-state index in [2.05, 4.69) is 0 Å². The van der Waals surface area contributed by atoms with Crippen molar-refractivity contribution in [3.05, 3.63) is 23.8 Å². The van der Waals surface area contributed by atoms with Gasteiger partial charge in [-0.15, -0.1) is 0 Å². The Bertz CT molecular complexity index is 546. The zero-order valence-corrected chi connectivity index (χ0v) is 13.6. The van der Waals surface area contributed by atoms with Crippen LogP contribution < -0.4 is 10.5 Å². The molecular formula is C14H24N2O4S. The zero-order valence-electron chi connectivity index (χ0n) is 12.8. The lowest BCUT2D eigenvalue weighted by molar-refractivity contribution is 0.138. The van der Waals surface area contributed by atoms with Gasteiger partial charge in [0.25, 0.3) is 0 Å². The van der Waals surface area contributed by atoms with Crippen LogP contribution in [-0.2, 0) is 21.2 Å². The molecule has 0 unspecified atom stereocenters.